The topological polar surface area (TPSA) is 57.7 Å². The van der Waals surface area contributed by atoms with E-state index in [-0.39, 0.29) is 6.61 Å². The molecule has 0 amide bonds. The number of pyridine rings is 1. The molecule has 17 heavy (non-hydrogen) atoms. The van der Waals surface area contributed by atoms with Gasteiger partial charge < -0.3 is 14.2 Å². The summed E-state index contributed by atoms with van der Waals surface area (Å²) in [5, 5.41) is 0. The molecule has 0 spiro atoms. The van der Waals surface area contributed by atoms with Crippen molar-refractivity contribution in [1.82, 2.24) is 4.98 Å². The van der Waals surface area contributed by atoms with Gasteiger partial charge in [0, 0.05) is 13.3 Å². The van der Waals surface area contributed by atoms with E-state index in [0.29, 0.717) is 30.0 Å². The number of aromatic nitrogens is 1. The summed E-state index contributed by atoms with van der Waals surface area (Å²) in [4.78, 5) is 15.4. The van der Waals surface area contributed by atoms with Crippen molar-refractivity contribution >= 4 is 21.9 Å². The van der Waals surface area contributed by atoms with E-state index in [1.165, 1.54) is 6.20 Å². The van der Waals surface area contributed by atoms with Gasteiger partial charge in [-0.15, -0.1) is 0 Å². The molecule has 94 valence electrons. The van der Waals surface area contributed by atoms with Gasteiger partial charge in [0.2, 0.25) is 0 Å². The van der Waals surface area contributed by atoms with Crippen LogP contribution in [0.15, 0.2) is 22.9 Å². The summed E-state index contributed by atoms with van der Waals surface area (Å²) < 4.78 is 15.6. The van der Waals surface area contributed by atoms with Gasteiger partial charge in [0.05, 0.1) is 25.4 Å². The van der Waals surface area contributed by atoms with E-state index in [0.717, 1.165) is 0 Å². The van der Waals surface area contributed by atoms with Gasteiger partial charge in [-0.05, 0) is 28.1 Å². The van der Waals surface area contributed by atoms with E-state index < -0.39 is 5.97 Å². The second-order valence-electron chi connectivity index (χ2n) is 3.11. The van der Waals surface area contributed by atoms with Gasteiger partial charge >= 0.3 is 5.97 Å². The van der Waals surface area contributed by atoms with Crippen molar-refractivity contribution in [2.24, 2.45) is 0 Å². The Kier molecular flexibility index (Phi) is 6.76. The molecule has 6 heteroatoms. The number of methoxy groups -OCH3 is 1. The van der Waals surface area contributed by atoms with E-state index in [9.17, 15) is 4.79 Å². The maximum atomic E-state index is 11.5. The predicted octanol–water partition coefficient (Wildman–Crippen LogP) is 1.66. The van der Waals surface area contributed by atoms with Gasteiger partial charge in [-0.1, -0.05) is 0 Å². The zero-order chi connectivity index (χ0) is 12.5. The van der Waals surface area contributed by atoms with E-state index in [4.69, 9.17) is 14.2 Å². The van der Waals surface area contributed by atoms with Crippen LogP contribution in [0.1, 0.15) is 10.4 Å². The smallest absolute Gasteiger partial charge is 0.339 e. The number of rotatable bonds is 7. The number of ether oxygens (including phenoxy) is 3. The minimum atomic E-state index is -0.402. The minimum absolute atomic E-state index is 0.221. The third-order valence-corrected chi connectivity index (χ3v) is 2.32. The van der Waals surface area contributed by atoms with Crippen molar-refractivity contribution in [3.63, 3.8) is 0 Å². The Morgan fingerprint density at radius 2 is 2.06 bits per heavy atom. The van der Waals surface area contributed by atoms with Crippen molar-refractivity contribution in [2.75, 3.05) is 33.5 Å². The second kappa shape index (κ2) is 8.16. The van der Waals surface area contributed by atoms with Crippen LogP contribution >= 0.6 is 15.9 Å². The molecule has 1 aromatic rings. The largest absolute Gasteiger partial charge is 0.460 e. The SMILES string of the molecule is COCCOCCOC(=O)c1ccc(Br)nc1. The number of carbonyl (C=O) groups is 1. The summed E-state index contributed by atoms with van der Waals surface area (Å²) in [5.41, 5.74) is 0.421. The fraction of sp³-hybridized carbons (Fsp3) is 0.455. The summed E-state index contributed by atoms with van der Waals surface area (Å²) in [6, 6.07) is 3.33. The maximum Gasteiger partial charge on any atom is 0.339 e. The lowest BCUT2D eigenvalue weighted by Crippen LogP contribution is -2.12. The first-order valence-corrected chi connectivity index (χ1v) is 5.88. The highest BCUT2D eigenvalue weighted by molar-refractivity contribution is 9.10. The van der Waals surface area contributed by atoms with Gasteiger partial charge in [0.15, 0.2) is 0 Å². The van der Waals surface area contributed by atoms with Crippen LogP contribution in [0.25, 0.3) is 0 Å². The Hall–Kier alpha value is -0.980. The second-order valence-corrected chi connectivity index (χ2v) is 3.92. The molecule has 0 radical (unpaired) electrons. The number of halogens is 1. The fourth-order valence-corrected chi connectivity index (χ4v) is 1.25. The molecule has 0 N–H and O–H groups in total. The fourth-order valence-electron chi connectivity index (χ4n) is 1.02. The molecular weight excluding hydrogens is 290 g/mol. The molecular formula is C11H14BrNO4. The lowest BCUT2D eigenvalue weighted by atomic mass is 10.3. The monoisotopic (exact) mass is 303 g/mol. The molecule has 0 unspecified atom stereocenters. The molecule has 0 saturated carbocycles. The standard InChI is InChI=1S/C11H14BrNO4/c1-15-4-5-16-6-7-17-11(14)9-2-3-10(12)13-8-9/h2-3,8H,4-7H2,1H3. The Morgan fingerprint density at radius 3 is 2.71 bits per heavy atom. The van der Waals surface area contributed by atoms with Crippen LogP contribution in [0.4, 0.5) is 0 Å². The van der Waals surface area contributed by atoms with E-state index in [2.05, 4.69) is 20.9 Å². The summed E-state index contributed by atoms with van der Waals surface area (Å²) in [6.45, 7) is 1.61. The number of hydrogen-bond acceptors (Lipinski definition) is 5. The molecule has 1 heterocycles. The van der Waals surface area contributed by atoms with Gasteiger partial charge in [0.25, 0.3) is 0 Å². The quantitative estimate of drug-likeness (QED) is 0.436. The molecule has 0 aliphatic carbocycles. The molecule has 1 rings (SSSR count). The average Bonchev–Trinajstić information content (AvgIpc) is 2.34. The Bertz CT molecular complexity index is 342. The third-order valence-electron chi connectivity index (χ3n) is 1.86. The van der Waals surface area contributed by atoms with E-state index in [1.54, 1.807) is 19.2 Å². The normalized spacial score (nSPS) is 10.2. The lowest BCUT2D eigenvalue weighted by Gasteiger charge is -2.05. The number of carbonyl (C=O) groups excluding carboxylic acids is 1. The van der Waals surface area contributed by atoms with Crippen LogP contribution in [-0.2, 0) is 14.2 Å². The first-order chi connectivity index (χ1) is 8.24. The molecule has 1 aromatic heterocycles. The van der Waals surface area contributed by atoms with Crippen LogP contribution in [-0.4, -0.2) is 44.5 Å². The minimum Gasteiger partial charge on any atom is -0.460 e. The highest BCUT2D eigenvalue weighted by Gasteiger charge is 2.06. The van der Waals surface area contributed by atoms with Crippen LogP contribution in [0.5, 0.6) is 0 Å². The molecule has 0 aliphatic heterocycles. The van der Waals surface area contributed by atoms with E-state index >= 15 is 0 Å². The van der Waals surface area contributed by atoms with Gasteiger partial charge in [0.1, 0.15) is 11.2 Å². The number of esters is 1. The highest BCUT2D eigenvalue weighted by Crippen LogP contribution is 2.07. The van der Waals surface area contributed by atoms with Crippen LogP contribution in [0, 0.1) is 0 Å². The number of hydrogen-bond donors (Lipinski definition) is 0. The highest BCUT2D eigenvalue weighted by atomic mass is 79.9. The van der Waals surface area contributed by atoms with Gasteiger partial charge in [-0.2, -0.15) is 0 Å². The van der Waals surface area contributed by atoms with Crippen molar-refractivity contribution in [3.05, 3.63) is 28.5 Å². The van der Waals surface area contributed by atoms with Crippen molar-refractivity contribution in [1.29, 1.82) is 0 Å². The summed E-state index contributed by atoms with van der Waals surface area (Å²) >= 11 is 3.19. The van der Waals surface area contributed by atoms with Crippen LogP contribution < -0.4 is 0 Å². The van der Waals surface area contributed by atoms with E-state index in [1.807, 2.05) is 0 Å². The van der Waals surface area contributed by atoms with Crippen LogP contribution in [0.2, 0.25) is 0 Å². The Balaban J connectivity index is 2.19. The van der Waals surface area contributed by atoms with Crippen molar-refractivity contribution in [2.45, 2.75) is 0 Å². The Morgan fingerprint density at radius 1 is 1.29 bits per heavy atom. The molecule has 0 fully saturated rings. The Labute approximate surface area is 108 Å². The van der Waals surface area contributed by atoms with Crippen LogP contribution in [0.3, 0.4) is 0 Å². The van der Waals surface area contributed by atoms with Gasteiger partial charge in [-0.25, -0.2) is 9.78 Å². The van der Waals surface area contributed by atoms with Crippen molar-refractivity contribution < 1.29 is 19.0 Å². The first-order valence-electron chi connectivity index (χ1n) is 5.09. The molecule has 0 aliphatic rings. The molecule has 5 nitrogen and oxygen atoms in total. The summed E-state index contributed by atoms with van der Waals surface area (Å²) in [6.07, 6.45) is 1.46. The zero-order valence-electron chi connectivity index (χ0n) is 9.52. The summed E-state index contributed by atoms with van der Waals surface area (Å²) in [7, 11) is 1.60. The first kappa shape index (κ1) is 14.1. The third kappa shape index (κ3) is 5.76. The molecule has 0 bridgehead atoms. The summed E-state index contributed by atoms with van der Waals surface area (Å²) in [5.74, 6) is -0.402. The lowest BCUT2D eigenvalue weighted by molar-refractivity contribution is 0.0213. The predicted molar refractivity (Wildman–Crippen MR) is 64.9 cm³/mol. The molecule has 0 saturated heterocycles. The maximum absolute atomic E-state index is 11.5. The van der Waals surface area contributed by atoms with Gasteiger partial charge in [-0.3, -0.25) is 0 Å². The van der Waals surface area contributed by atoms with Crippen molar-refractivity contribution in [3.8, 4) is 0 Å². The number of nitrogens with zero attached hydrogens (tertiary/aromatic N) is 1. The zero-order valence-corrected chi connectivity index (χ0v) is 11.1. The molecule has 0 aromatic carbocycles. The average molecular weight is 304 g/mol. The molecule has 0 atom stereocenters.